The molecule has 186 valence electrons. The highest BCUT2D eigenvalue weighted by Crippen LogP contribution is 2.44. The Hall–Kier alpha value is -3.91. The van der Waals surface area contributed by atoms with E-state index < -0.39 is 23.3 Å². The number of carbonyl (C=O) groups is 3. The maximum Gasteiger partial charge on any atom is 0.332 e. The van der Waals surface area contributed by atoms with E-state index in [0.717, 1.165) is 43.1 Å². The van der Waals surface area contributed by atoms with Crippen LogP contribution < -0.4 is 0 Å². The third-order valence-electron chi connectivity index (χ3n) is 7.61. The van der Waals surface area contributed by atoms with Gasteiger partial charge in [-0.15, -0.1) is 0 Å². The van der Waals surface area contributed by atoms with Crippen LogP contribution in [0.15, 0.2) is 76.8 Å². The van der Waals surface area contributed by atoms with E-state index >= 15 is 0 Å². The minimum Gasteiger partial charge on any atom is -0.339 e. The van der Waals surface area contributed by atoms with Gasteiger partial charge in [-0.05, 0) is 48.6 Å². The monoisotopic (exact) mass is 510 g/mol. The molecule has 1 aliphatic heterocycles. The maximum absolute atomic E-state index is 13.1. The van der Waals surface area contributed by atoms with E-state index in [9.17, 15) is 14.4 Å². The van der Waals surface area contributed by atoms with Crippen LogP contribution in [0.5, 0.6) is 0 Å². The van der Waals surface area contributed by atoms with Gasteiger partial charge in [0.25, 0.3) is 0 Å². The molecule has 0 atom stereocenters. The molecule has 0 N–H and O–H groups in total. The van der Waals surface area contributed by atoms with Crippen LogP contribution in [-0.2, 0) is 29.0 Å². The van der Waals surface area contributed by atoms with Gasteiger partial charge in [0.15, 0.2) is 0 Å². The summed E-state index contributed by atoms with van der Waals surface area (Å²) in [6.45, 7) is 2.91. The van der Waals surface area contributed by atoms with Crippen molar-refractivity contribution in [2.75, 3.05) is 14.1 Å². The maximum atomic E-state index is 13.1. The van der Waals surface area contributed by atoms with Crippen molar-refractivity contribution in [1.82, 2.24) is 19.4 Å². The van der Waals surface area contributed by atoms with Gasteiger partial charge in [-0.2, -0.15) is 0 Å². The molecule has 0 bridgehead atoms. The molecule has 4 aromatic rings. The number of para-hydroxylation sites is 1. The van der Waals surface area contributed by atoms with Crippen LogP contribution >= 0.6 is 11.8 Å². The summed E-state index contributed by atoms with van der Waals surface area (Å²) in [5, 5.41) is 1.98. The standard InChI is InChI=1S/C29H26N4O3S/c1-18-25(22-11-7-8-12-23(22)33(18)17-19-9-5-4-6-10-19)37-24-13-20-14-29(15-21(20)16-30-24)26(34)31(2)28(36)32(3)27(29)35/h4-13,16H,14-15,17H2,1-3H3. The van der Waals surface area contributed by atoms with Gasteiger partial charge in [0, 0.05) is 48.3 Å². The van der Waals surface area contributed by atoms with E-state index in [2.05, 4.69) is 54.0 Å². The Kier molecular flexibility index (Phi) is 5.45. The zero-order valence-electron chi connectivity index (χ0n) is 20.9. The number of hydrogen-bond acceptors (Lipinski definition) is 5. The molecule has 4 amide bonds. The van der Waals surface area contributed by atoms with Crippen molar-refractivity contribution in [3.05, 3.63) is 89.2 Å². The van der Waals surface area contributed by atoms with Crippen molar-refractivity contribution >= 4 is 40.5 Å². The number of urea groups is 1. The van der Waals surface area contributed by atoms with Gasteiger partial charge in [0.05, 0.1) is 0 Å². The molecule has 1 saturated heterocycles. The molecule has 2 aromatic carbocycles. The predicted octanol–water partition coefficient (Wildman–Crippen LogP) is 4.68. The first-order valence-electron chi connectivity index (χ1n) is 12.2. The topological polar surface area (TPSA) is 75.5 Å². The molecule has 6 rings (SSSR count). The van der Waals surface area contributed by atoms with Crippen molar-refractivity contribution in [2.24, 2.45) is 5.41 Å². The Morgan fingerprint density at radius 2 is 1.54 bits per heavy atom. The molecule has 3 heterocycles. The second kappa shape index (κ2) is 8.59. The molecule has 1 aliphatic carbocycles. The van der Waals surface area contributed by atoms with Crippen molar-refractivity contribution in [3.63, 3.8) is 0 Å². The van der Waals surface area contributed by atoms with E-state index in [0.29, 0.717) is 0 Å². The molecular weight excluding hydrogens is 484 g/mol. The van der Waals surface area contributed by atoms with Gasteiger partial charge >= 0.3 is 6.03 Å². The highest BCUT2D eigenvalue weighted by Gasteiger charge is 2.58. The molecule has 0 radical (unpaired) electrons. The van der Waals surface area contributed by atoms with Gasteiger partial charge in [-0.25, -0.2) is 9.78 Å². The van der Waals surface area contributed by atoms with Crippen LogP contribution in [0, 0.1) is 12.3 Å². The van der Waals surface area contributed by atoms with E-state index in [4.69, 9.17) is 4.98 Å². The third kappa shape index (κ3) is 3.58. The summed E-state index contributed by atoms with van der Waals surface area (Å²) in [4.78, 5) is 46.5. The van der Waals surface area contributed by atoms with Gasteiger partial charge in [-0.1, -0.05) is 60.3 Å². The van der Waals surface area contributed by atoms with Crippen LogP contribution in [0.4, 0.5) is 4.79 Å². The zero-order valence-corrected chi connectivity index (χ0v) is 21.7. The molecule has 37 heavy (non-hydrogen) atoms. The fourth-order valence-electron chi connectivity index (χ4n) is 5.63. The highest BCUT2D eigenvalue weighted by molar-refractivity contribution is 7.99. The Morgan fingerprint density at radius 1 is 0.892 bits per heavy atom. The first-order chi connectivity index (χ1) is 17.8. The van der Waals surface area contributed by atoms with Crippen molar-refractivity contribution < 1.29 is 14.4 Å². The summed E-state index contributed by atoms with van der Waals surface area (Å²) in [6, 6.07) is 20.2. The molecule has 0 saturated carbocycles. The molecule has 1 fully saturated rings. The number of barbiturate groups is 1. The fourth-order valence-corrected chi connectivity index (χ4v) is 6.69. The van der Waals surface area contributed by atoms with Gasteiger partial charge in [-0.3, -0.25) is 19.4 Å². The van der Waals surface area contributed by atoms with E-state index in [1.54, 1.807) is 18.0 Å². The molecule has 1 spiro atoms. The number of hydrogen-bond donors (Lipinski definition) is 0. The molecule has 2 aromatic heterocycles. The number of rotatable bonds is 4. The number of imide groups is 2. The smallest absolute Gasteiger partial charge is 0.332 e. The highest BCUT2D eigenvalue weighted by atomic mass is 32.2. The minimum atomic E-state index is -1.27. The quantitative estimate of drug-likeness (QED) is 0.373. The van der Waals surface area contributed by atoms with E-state index in [1.807, 2.05) is 18.2 Å². The van der Waals surface area contributed by atoms with Crippen molar-refractivity contribution in [2.45, 2.75) is 36.2 Å². The third-order valence-corrected chi connectivity index (χ3v) is 8.76. The number of pyridine rings is 1. The second-order valence-electron chi connectivity index (χ2n) is 9.84. The van der Waals surface area contributed by atoms with Gasteiger partial charge in [0.2, 0.25) is 11.8 Å². The number of fused-ring (bicyclic) bond motifs is 2. The van der Waals surface area contributed by atoms with Crippen molar-refractivity contribution in [3.8, 4) is 0 Å². The lowest BCUT2D eigenvalue weighted by atomic mass is 9.80. The Labute approximate surface area is 219 Å². The Bertz CT molecular complexity index is 1570. The number of carbonyl (C=O) groups excluding carboxylic acids is 3. The van der Waals surface area contributed by atoms with Crippen LogP contribution in [-0.4, -0.2) is 51.3 Å². The lowest BCUT2D eigenvalue weighted by molar-refractivity contribution is -0.156. The van der Waals surface area contributed by atoms with E-state index in [-0.39, 0.29) is 12.8 Å². The average Bonchev–Trinajstić information content (AvgIpc) is 3.43. The second-order valence-corrected chi connectivity index (χ2v) is 10.9. The average molecular weight is 511 g/mol. The molecule has 8 heteroatoms. The summed E-state index contributed by atoms with van der Waals surface area (Å²) in [5.74, 6) is -0.878. The fraction of sp³-hybridized carbons (Fsp3) is 0.241. The van der Waals surface area contributed by atoms with E-state index in [1.165, 1.54) is 30.6 Å². The SMILES string of the molecule is Cc1c(Sc2cc3c(cn2)CC2(C3)C(=O)N(C)C(=O)N(C)C2=O)c2ccccc2n1Cc1ccccc1. The molecule has 2 aliphatic rings. The number of aromatic nitrogens is 2. The first kappa shape index (κ1) is 23.5. The predicted molar refractivity (Wildman–Crippen MR) is 141 cm³/mol. The van der Waals surface area contributed by atoms with Gasteiger partial charge in [0.1, 0.15) is 10.4 Å². The normalized spacial score (nSPS) is 16.8. The zero-order chi connectivity index (χ0) is 25.9. The number of nitrogens with zero attached hydrogens (tertiary/aromatic N) is 4. The summed E-state index contributed by atoms with van der Waals surface area (Å²) in [5.41, 5.74) is 4.10. The number of benzene rings is 2. The summed E-state index contributed by atoms with van der Waals surface area (Å²) in [7, 11) is 2.87. The molecule has 7 nitrogen and oxygen atoms in total. The molecule has 0 unspecified atom stereocenters. The van der Waals surface area contributed by atoms with Gasteiger partial charge < -0.3 is 4.57 Å². The van der Waals surface area contributed by atoms with Crippen molar-refractivity contribution in [1.29, 1.82) is 0 Å². The Morgan fingerprint density at radius 3 is 2.27 bits per heavy atom. The number of amides is 4. The van der Waals surface area contributed by atoms with Crippen LogP contribution in [0.1, 0.15) is 22.4 Å². The van der Waals surface area contributed by atoms with Crippen LogP contribution in [0.2, 0.25) is 0 Å². The summed E-state index contributed by atoms with van der Waals surface area (Å²) >= 11 is 1.60. The minimum absolute atomic E-state index is 0.259. The first-order valence-corrected chi connectivity index (χ1v) is 13.0. The van der Waals surface area contributed by atoms with Crippen LogP contribution in [0.3, 0.4) is 0 Å². The molecular formula is C29H26N4O3S. The largest absolute Gasteiger partial charge is 0.339 e. The summed E-state index contributed by atoms with van der Waals surface area (Å²) < 4.78 is 2.33. The van der Waals surface area contributed by atoms with Crippen LogP contribution in [0.25, 0.3) is 10.9 Å². The summed E-state index contributed by atoms with van der Waals surface area (Å²) in [6.07, 6.45) is 2.31. The lowest BCUT2D eigenvalue weighted by Crippen LogP contribution is -2.63. The lowest BCUT2D eigenvalue weighted by Gasteiger charge is -2.39. The Balaban J connectivity index is 1.34.